The largest absolute Gasteiger partial charge is 0.481 e. The summed E-state index contributed by atoms with van der Waals surface area (Å²) in [4.78, 5) is 22.8. The lowest BCUT2D eigenvalue weighted by Crippen LogP contribution is -2.52. The van der Waals surface area contributed by atoms with Crippen LogP contribution in [0.1, 0.15) is 38.5 Å². The number of aliphatic carboxylic acids is 1. The molecule has 5 heteroatoms. The molecule has 1 saturated heterocycles. The summed E-state index contributed by atoms with van der Waals surface area (Å²) in [6.07, 6.45) is 5.35. The lowest BCUT2D eigenvalue weighted by Gasteiger charge is -2.37. The first-order valence-electron chi connectivity index (χ1n) is 6.82. The molecule has 0 unspecified atom stereocenters. The van der Waals surface area contributed by atoms with Crippen LogP contribution in [0.2, 0.25) is 0 Å². The third kappa shape index (κ3) is 3.22. The van der Waals surface area contributed by atoms with E-state index in [-0.39, 0.29) is 23.7 Å². The Labute approximate surface area is 107 Å². The van der Waals surface area contributed by atoms with Gasteiger partial charge in [-0.05, 0) is 18.3 Å². The number of carbonyl (C=O) groups excluding carboxylic acids is 1. The molecule has 102 valence electrons. The normalized spacial score (nSPS) is 23.1. The molecule has 5 nitrogen and oxygen atoms in total. The Morgan fingerprint density at radius 3 is 2.39 bits per heavy atom. The molecule has 0 radical (unpaired) electrons. The van der Waals surface area contributed by atoms with Gasteiger partial charge in [-0.25, -0.2) is 0 Å². The van der Waals surface area contributed by atoms with E-state index in [9.17, 15) is 9.59 Å². The van der Waals surface area contributed by atoms with E-state index >= 15 is 0 Å². The summed E-state index contributed by atoms with van der Waals surface area (Å²) in [6.45, 7) is 2.02. The first kappa shape index (κ1) is 13.3. The Morgan fingerprint density at radius 2 is 1.89 bits per heavy atom. The van der Waals surface area contributed by atoms with Gasteiger partial charge in [-0.3, -0.25) is 9.59 Å². The maximum absolute atomic E-state index is 11.8. The van der Waals surface area contributed by atoms with Crippen LogP contribution in [0.15, 0.2) is 0 Å². The molecular formula is C13H22N2O3. The molecule has 2 aliphatic rings. The molecule has 2 rings (SSSR count). The Morgan fingerprint density at radius 1 is 1.22 bits per heavy atom. The second kappa shape index (κ2) is 5.69. The van der Waals surface area contributed by atoms with Crippen LogP contribution in [0.25, 0.3) is 0 Å². The lowest BCUT2D eigenvalue weighted by atomic mass is 9.71. The molecule has 0 bridgehead atoms. The molecule has 0 aromatic rings. The molecule has 1 aliphatic carbocycles. The van der Waals surface area contributed by atoms with Crippen molar-refractivity contribution in [2.45, 2.75) is 38.5 Å². The standard InChI is InChI=1S/C13H22N2O3/c16-11(17)6-13(4-2-1-3-5-13)9-15-12(18)10-7-14-8-10/h10,14H,1-9H2,(H,15,18)(H,16,17). The predicted molar refractivity (Wildman–Crippen MR) is 67.1 cm³/mol. The molecule has 2 fully saturated rings. The number of hydrogen-bond acceptors (Lipinski definition) is 3. The van der Waals surface area contributed by atoms with Crippen LogP contribution in [-0.4, -0.2) is 36.6 Å². The number of hydrogen-bond donors (Lipinski definition) is 3. The Kier molecular flexibility index (Phi) is 4.22. The number of carbonyl (C=O) groups is 2. The Balaban J connectivity index is 1.87. The molecule has 0 atom stereocenters. The average Bonchev–Trinajstić information content (AvgIpc) is 2.24. The molecule has 1 amide bonds. The van der Waals surface area contributed by atoms with Gasteiger partial charge >= 0.3 is 5.97 Å². The van der Waals surface area contributed by atoms with Gasteiger partial charge in [-0.2, -0.15) is 0 Å². The second-order valence-electron chi connectivity index (χ2n) is 5.70. The zero-order valence-corrected chi connectivity index (χ0v) is 10.7. The highest BCUT2D eigenvalue weighted by Gasteiger charge is 2.35. The Hall–Kier alpha value is -1.10. The van der Waals surface area contributed by atoms with Gasteiger partial charge in [0, 0.05) is 19.6 Å². The first-order chi connectivity index (χ1) is 8.61. The fourth-order valence-electron chi connectivity index (χ4n) is 2.93. The lowest BCUT2D eigenvalue weighted by molar-refractivity contribution is -0.141. The summed E-state index contributed by atoms with van der Waals surface area (Å²) in [6, 6.07) is 0. The van der Waals surface area contributed by atoms with Crippen molar-refractivity contribution < 1.29 is 14.7 Å². The van der Waals surface area contributed by atoms with E-state index < -0.39 is 5.97 Å². The van der Waals surface area contributed by atoms with Crippen molar-refractivity contribution in [3.8, 4) is 0 Å². The third-order valence-corrected chi connectivity index (χ3v) is 4.23. The van der Waals surface area contributed by atoms with E-state index in [4.69, 9.17) is 5.11 Å². The van der Waals surface area contributed by atoms with E-state index in [1.54, 1.807) is 0 Å². The number of rotatable bonds is 5. The highest BCUT2D eigenvalue weighted by Crippen LogP contribution is 2.38. The molecule has 0 aromatic carbocycles. The number of carboxylic acid groups (broad SMARTS) is 1. The van der Waals surface area contributed by atoms with Gasteiger partial charge in [0.25, 0.3) is 0 Å². The van der Waals surface area contributed by atoms with Crippen LogP contribution in [0.4, 0.5) is 0 Å². The van der Waals surface area contributed by atoms with Gasteiger partial charge in [0.05, 0.1) is 12.3 Å². The average molecular weight is 254 g/mol. The van der Waals surface area contributed by atoms with E-state index in [0.717, 1.165) is 38.8 Å². The summed E-state index contributed by atoms with van der Waals surface area (Å²) in [5, 5.41) is 15.1. The minimum absolute atomic E-state index is 0.0732. The summed E-state index contributed by atoms with van der Waals surface area (Å²) in [7, 11) is 0. The molecule has 3 N–H and O–H groups in total. The minimum Gasteiger partial charge on any atom is -0.481 e. The topological polar surface area (TPSA) is 78.4 Å². The zero-order chi connectivity index (χ0) is 13.0. The van der Waals surface area contributed by atoms with E-state index in [1.165, 1.54) is 6.42 Å². The van der Waals surface area contributed by atoms with Crippen molar-refractivity contribution in [1.82, 2.24) is 10.6 Å². The smallest absolute Gasteiger partial charge is 0.303 e. The third-order valence-electron chi connectivity index (χ3n) is 4.23. The van der Waals surface area contributed by atoms with Crippen molar-refractivity contribution in [1.29, 1.82) is 0 Å². The van der Waals surface area contributed by atoms with Crippen LogP contribution >= 0.6 is 0 Å². The highest BCUT2D eigenvalue weighted by atomic mass is 16.4. The van der Waals surface area contributed by atoms with Crippen LogP contribution in [0.3, 0.4) is 0 Å². The molecule has 18 heavy (non-hydrogen) atoms. The molecule has 1 saturated carbocycles. The van der Waals surface area contributed by atoms with Gasteiger partial charge in [0.15, 0.2) is 0 Å². The van der Waals surface area contributed by atoms with Crippen LogP contribution in [0.5, 0.6) is 0 Å². The summed E-state index contributed by atoms with van der Waals surface area (Å²) in [5.41, 5.74) is -0.211. The van der Waals surface area contributed by atoms with Crippen molar-refractivity contribution in [3.63, 3.8) is 0 Å². The Bertz CT molecular complexity index is 320. The minimum atomic E-state index is -0.753. The van der Waals surface area contributed by atoms with Crippen molar-refractivity contribution in [2.24, 2.45) is 11.3 Å². The van der Waals surface area contributed by atoms with Crippen LogP contribution in [-0.2, 0) is 9.59 Å². The first-order valence-corrected chi connectivity index (χ1v) is 6.82. The van der Waals surface area contributed by atoms with Crippen molar-refractivity contribution >= 4 is 11.9 Å². The molecular weight excluding hydrogens is 232 g/mol. The van der Waals surface area contributed by atoms with Crippen molar-refractivity contribution in [2.75, 3.05) is 19.6 Å². The fourth-order valence-corrected chi connectivity index (χ4v) is 2.93. The fraction of sp³-hybridized carbons (Fsp3) is 0.846. The number of amides is 1. The maximum atomic E-state index is 11.8. The van der Waals surface area contributed by atoms with Gasteiger partial charge < -0.3 is 15.7 Å². The van der Waals surface area contributed by atoms with E-state index in [2.05, 4.69) is 10.6 Å². The van der Waals surface area contributed by atoms with Crippen LogP contribution < -0.4 is 10.6 Å². The highest BCUT2D eigenvalue weighted by molar-refractivity contribution is 5.80. The quantitative estimate of drug-likeness (QED) is 0.676. The predicted octanol–water partition coefficient (Wildman–Crippen LogP) is 0.747. The summed E-state index contributed by atoms with van der Waals surface area (Å²) >= 11 is 0. The number of carboxylic acids is 1. The molecule has 0 aromatic heterocycles. The van der Waals surface area contributed by atoms with E-state index in [0.29, 0.717) is 6.54 Å². The second-order valence-corrected chi connectivity index (χ2v) is 5.70. The van der Waals surface area contributed by atoms with Gasteiger partial charge in [-0.1, -0.05) is 19.3 Å². The molecule has 0 spiro atoms. The van der Waals surface area contributed by atoms with Gasteiger partial charge in [0.1, 0.15) is 0 Å². The van der Waals surface area contributed by atoms with Crippen LogP contribution in [0, 0.1) is 11.3 Å². The van der Waals surface area contributed by atoms with Crippen molar-refractivity contribution in [3.05, 3.63) is 0 Å². The molecule has 1 aliphatic heterocycles. The van der Waals surface area contributed by atoms with Gasteiger partial charge in [0.2, 0.25) is 5.91 Å². The monoisotopic (exact) mass is 254 g/mol. The summed E-state index contributed by atoms with van der Waals surface area (Å²) in [5.74, 6) is -0.601. The SMILES string of the molecule is O=C(O)CC1(CNC(=O)C2CNC2)CCCCC1. The summed E-state index contributed by atoms with van der Waals surface area (Å²) < 4.78 is 0. The maximum Gasteiger partial charge on any atom is 0.303 e. The zero-order valence-electron chi connectivity index (χ0n) is 10.7. The molecule has 1 heterocycles. The van der Waals surface area contributed by atoms with Gasteiger partial charge in [-0.15, -0.1) is 0 Å². The van der Waals surface area contributed by atoms with E-state index in [1.807, 2.05) is 0 Å². The number of nitrogens with one attached hydrogen (secondary N) is 2.